The zero-order valence-corrected chi connectivity index (χ0v) is 20.5. The van der Waals surface area contributed by atoms with Crippen LogP contribution in [-0.2, 0) is 14.3 Å². The maximum absolute atomic E-state index is 14.0. The Balaban J connectivity index is 1.56. The summed E-state index contributed by atoms with van der Waals surface area (Å²) < 4.78 is 6.99. The molecule has 7 heteroatoms. The minimum absolute atomic E-state index is 0.217. The van der Waals surface area contributed by atoms with Gasteiger partial charge in [0.1, 0.15) is 0 Å². The first-order valence-corrected chi connectivity index (χ1v) is 12.1. The van der Waals surface area contributed by atoms with E-state index in [2.05, 4.69) is 15.9 Å². The molecule has 0 N–H and O–H groups in total. The lowest BCUT2D eigenvalue weighted by molar-refractivity contribution is -0.127. The summed E-state index contributed by atoms with van der Waals surface area (Å²) in [6, 6.07) is 19.0. The fraction of sp³-hybridized carbons (Fsp3) is 0.214. The Morgan fingerprint density at radius 1 is 0.800 bits per heavy atom. The molecule has 3 aromatic rings. The van der Waals surface area contributed by atoms with Crippen LogP contribution in [0.15, 0.2) is 71.2 Å². The quantitative estimate of drug-likeness (QED) is 0.353. The third-order valence-corrected chi connectivity index (χ3v) is 8.20. The van der Waals surface area contributed by atoms with Crippen molar-refractivity contribution in [2.24, 2.45) is 11.8 Å². The molecule has 0 bridgehead atoms. The number of anilines is 1. The van der Waals surface area contributed by atoms with E-state index in [0.29, 0.717) is 15.7 Å². The highest BCUT2D eigenvalue weighted by Crippen LogP contribution is 2.58. The molecule has 2 aliphatic heterocycles. The number of nitrogens with zero attached hydrogens (tertiary/aromatic N) is 1. The van der Waals surface area contributed by atoms with Gasteiger partial charge in [0.15, 0.2) is 0 Å². The summed E-state index contributed by atoms with van der Waals surface area (Å²) >= 11 is 3.51. The second-order valence-corrected chi connectivity index (χ2v) is 10.1. The first-order valence-electron chi connectivity index (χ1n) is 11.3. The lowest BCUT2D eigenvalue weighted by Crippen LogP contribution is -2.51. The molecule has 0 saturated carbocycles. The number of hydrogen-bond donors (Lipinski definition) is 0. The minimum Gasteiger partial charge on any atom is -0.349 e. The number of ether oxygens (including phenoxy) is 1. The van der Waals surface area contributed by atoms with Gasteiger partial charge in [-0.05, 0) is 48.7 Å². The Labute approximate surface area is 210 Å². The maximum Gasteiger partial charge on any atom is 0.241 e. The third-order valence-electron chi connectivity index (χ3n) is 7.48. The van der Waals surface area contributed by atoms with Gasteiger partial charge < -0.3 is 4.74 Å². The molecule has 0 aromatic heterocycles. The van der Waals surface area contributed by atoms with Crippen molar-refractivity contribution in [2.45, 2.75) is 25.6 Å². The van der Waals surface area contributed by atoms with Crippen molar-refractivity contribution in [3.05, 3.63) is 99.0 Å². The molecule has 174 valence electrons. The second-order valence-electron chi connectivity index (χ2n) is 9.28. The van der Waals surface area contributed by atoms with Crippen molar-refractivity contribution in [3.63, 3.8) is 0 Å². The number of rotatable bonds is 2. The lowest BCUT2D eigenvalue weighted by atomic mass is 9.77. The monoisotopic (exact) mass is 529 g/mol. The molecule has 0 radical (unpaired) electrons. The number of aryl methyl sites for hydroxylation is 2. The zero-order valence-electron chi connectivity index (χ0n) is 18.9. The van der Waals surface area contributed by atoms with Crippen molar-refractivity contribution in [2.75, 3.05) is 4.90 Å². The number of ketones is 2. The van der Waals surface area contributed by atoms with Crippen LogP contribution in [0.3, 0.4) is 0 Å². The number of carbonyl (C=O) groups is 4. The van der Waals surface area contributed by atoms with E-state index in [1.165, 1.54) is 0 Å². The van der Waals surface area contributed by atoms with E-state index in [-0.39, 0.29) is 11.1 Å². The van der Waals surface area contributed by atoms with Crippen LogP contribution >= 0.6 is 15.9 Å². The molecule has 35 heavy (non-hydrogen) atoms. The molecule has 3 aromatic carbocycles. The molecule has 1 spiro atoms. The van der Waals surface area contributed by atoms with Crippen LogP contribution in [0, 0.1) is 25.7 Å². The number of fused-ring (bicyclic) bond motifs is 3. The molecule has 6 rings (SSSR count). The summed E-state index contributed by atoms with van der Waals surface area (Å²) in [5.74, 6) is -4.48. The van der Waals surface area contributed by atoms with E-state index in [1.807, 2.05) is 26.0 Å². The van der Waals surface area contributed by atoms with Crippen LogP contribution in [0.25, 0.3) is 0 Å². The number of hydrogen-bond acceptors (Lipinski definition) is 5. The highest BCUT2D eigenvalue weighted by Gasteiger charge is 2.74. The first-order chi connectivity index (χ1) is 16.8. The van der Waals surface area contributed by atoms with Gasteiger partial charge in [0.2, 0.25) is 29.0 Å². The average Bonchev–Trinajstić information content (AvgIpc) is 3.41. The summed E-state index contributed by atoms with van der Waals surface area (Å²) in [6.07, 6.45) is -0.953. The lowest BCUT2D eigenvalue weighted by Gasteiger charge is -2.27. The van der Waals surface area contributed by atoms with Gasteiger partial charge in [-0.3, -0.25) is 19.2 Å². The van der Waals surface area contributed by atoms with Crippen LogP contribution in [0.2, 0.25) is 0 Å². The van der Waals surface area contributed by atoms with Gasteiger partial charge in [-0.15, -0.1) is 0 Å². The average molecular weight is 530 g/mol. The van der Waals surface area contributed by atoms with E-state index in [0.717, 1.165) is 16.0 Å². The molecule has 2 amide bonds. The van der Waals surface area contributed by atoms with Crippen molar-refractivity contribution < 1.29 is 23.9 Å². The summed E-state index contributed by atoms with van der Waals surface area (Å²) in [5.41, 5.74) is 1.34. The summed E-state index contributed by atoms with van der Waals surface area (Å²) in [4.78, 5) is 56.6. The minimum atomic E-state index is -2.07. The van der Waals surface area contributed by atoms with Crippen LogP contribution in [0.1, 0.15) is 43.5 Å². The van der Waals surface area contributed by atoms with Crippen LogP contribution in [0.5, 0.6) is 0 Å². The number of halogens is 1. The number of carbonyl (C=O) groups excluding carboxylic acids is 4. The van der Waals surface area contributed by atoms with Crippen molar-refractivity contribution >= 4 is 45.0 Å². The second kappa shape index (κ2) is 7.54. The van der Waals surface area contributed by atoms with Gasteiger partial charge >= 0.3 is 0 Å². The third kappa shape index (κ3) is 2.79. The number of amides is 2. The van der Waals surface area contributed by atoms with E-state index >= 15 is 0 Å². The zero-order chi connectivity index (χ0) is 24.6. The summed E-state index contributed by atoms with van der Waals surface area (Å²) in [6.45, 7) is 3.85. The maximum atomic E-state index is 14.0. The Morgan fingerprint density at radius 3 is 2.06 bits per heavy atom. The normalized spacial score (nSPS) is 24.4. The molecular weight excluding hydrogens is 510 g/mol. The Kier molecular flexibility index (Phi) is 4.75. The molecule has 3 aliphatic rings. The Bertz CT molecular complexity index is 1440. The van der Waals surface area contributed by atoms with E-state index in [1.54, 1.807) is 54.6 Å². The molecule has 3 atom stereocenters. The van der Waals surface area contributed by atoms with E-state index < -0.39 is 46.9 Å². The molecule has 2 heterocycles. The number of Topliss-reactive ketones (excluding diaryl/α,β-unsaturated/α-hetero) is 2. The molecule has 6 nitrogen and oxygen atoms in total. The van der Waals surface area contributed by atoms with Gasteiger partial charge in [-0.2, -0.15) is 0 Å². The smallest absolute Gasteiger partial charge is 0.241 e. The van der Waals surface area contributed by atoms with Gasteiger partial charge in [-0.1, -0.05) is 64.5 Å². The predicted octanol–water partition coefficient (Wildman–Crippen LogP) is 4.76. The van der Waals surface area contributed by atoms with Gasteiger partial charge in [0.05, 0.1) is 23.6 Å². The molecule has 0 unspecified atom stereocenters. The van der Waals surface area contributed by atoms with Crippen LogP contribution in [0.4, 0.5) is 5.69 Å². The first kappa shape index (κ1) is 22.1. The Morgan fingerprint density at radius 2 is 1.43 bits per heavy atom. The highest BCUT2D eigenvalue weighted by molar-refractivity contribution is 9.10. The fourth-order valence-electron chi connectivity index (χ4n) is 5.62. The highest BCUT2D eigenvalue weighted by atomic mass is 79.9. The summed E-state index contributed by atoms with van der Waals surface area (Å²) in [5, 5.41) is 0. The summed E-state index contributed by atoms with van der Waals surface area (Å²) in [7, 11) is 0. The standard InChI is InChI=1S/C28H20BrNO5/c1-14-11-12-16(13-15(14)2)30-26(33)21-22(27(30)34)28(35-23(21)19-9-5-6-10-20(19)29)24(31)17-7-3-4-8-18(17)25(28)32/h3-13,21-23H,1-2H3/t21-,22+,23-/m1/s1. The van der Waals surface area contributed by atoms with E-state index in [4.69, 9.17) is 4.74 Å². The molecule has 2 fully saturated rings. The Hall–Kier alpha value is -3.42. The topological polar surface area (TPSA) is 80.8 Å². The van der Waals surface area contributed by atoms with Crippen LogP contribution < -0.4 is 4.90 Å². The fourth-order valence-corrected chi connectivity index (χ4v) is 6.14. The van der Waals surface area contributed by atoms with E-state index in [9.17, 15) is 19.2 Å². The number of imide groups is 1. The molecule has 1 aliphatic carbocycles. The largest absolute Gasteiger partial charge is 0.349 e. The molecular formula is C28H20BrNO5. The predicted molar refractivity (Wildman–Crippen MR) is 131 cm³/mol. The van der Waals surface area contributed by atoms with Gasteiger partial charge in [-0.25, -0.2) is 4.90 Å². The van der Waals surface area contributed by atoms with Crippen LogP contribution in [-0.4, -0.2) is 29.0 Å². The van der Waals surface area contributed by atoms with Gasteiger partial charge in [0.25, 0.3) is 0 Å². The molecule has 2 saturated heterocycles. The van der Waals surface area contributed by atoms with Crippen molar-refractivity contribution in [1.82, 2.24) is 0 Å². The number of benzene rings is 3. The van der Waals surface area contributed by atoms with Gasteiger partial charge in [0, 0.05) is 15.6 Å². The van der Waals surface area contributed by atoms with Crippen molar-refractivity contribution in [3.8, 4) is 0 Å². The SMILES string of the molecule is Cc1ccc(N2C(=O)[C@H]3[C@@H](c4ccccc4Br)OC4(C(=O)c5ccccc5C4=O)[C@@H]3C2=O)cc1C. The van der Waals surface area contributed by atoms with Crippen molar-refractivity contribution in [1.29, 1.82) is 0 Å².